The maximum Gasteiger partial charge on any atom is 0.253 e. The lowest BCUT2D eigenvalue weighted by Crippen LogP contribution is -2.35. The van der Waals surface area contributed by atoms with E-state index < -0.39 is 0 Å². The third kappa shape index (κ3) is 6.73. The van der Waals surface area contributed by atoms with E-state index in [1.54, 1.807) is 0 Å². The first-order chi connectivity index (χ1) is 14.7. The zero-order valence-electron chi connectivity index (χ0n) is 18.4. The van der Waals surface area contributed by atoms with Crippen LogP contribution in [0.15, 0.2) is 18.2 Å². The first kappa shape index (κ1) is 22.6. The lowest BCUT2D eigenvalue weighted by atomic mass is 10.1. The minimum absolute atomic E-state index is 0.0162. The number of carbonyl (C=O) groups is 2. The SMILES string of the molecule is CCCCCCC(=O)Nc1ccc(N2CCCCC2)c(C(=O)NCC2CCCO2)c1. The Hall–Kier alpha value is -2.08. The monoisotopic (exact) mass is 415 g/mol. The predicted molar refractivity (Wildman–Crippen MR) is 121 cm³/mol. The smallest absolute Gasteiger partial charge is 0.253 e. The molecule has 0 aliphatic carbocycles. The van der Waals surface area contributed by atoms with Gasteiger partial charge >= 0.3 is 0 Å². The highest BCUT2D eigenvalue weighted by Gasteiger charge is 2.21. The van der Waals surface area contributed by atoms with Crippen LogP contribution >= 0.6 is 0 Å². The van der Waals surface area contributed by atoms with Crippen LogP contribution in [0.2, 0.25) is 0 Å². The van der Waals surface area contributed by atoms with E-state index in [1.165, 1.54) is 6.42 Å². The van der Waals surface area contributed by atoms with E-state index >= 15 is 0 Å². The molecule has 0 saturated carbocycles. The molecule has 6 nitrogen and oxygen atoms in total. The largest absolute Gasteiger partial charge is 0.376 e. The summed E-state index contributed by atoms with van der Waals surface area (Å²) < 4.78 is 5.63. The van der Waals surface area contributed by atoms with Crippen LogP contribution in [0.5, 0.6) is 0 Å². The summed E-state index contributed by atoms with van der Waals surface area (Å²) in [6, 6.07) is 5.74. The van der Waals surface area contributed by atoms with Gasteiger partial charge in [0.1, 0.15) is 0 Å². The van der Waals surface area contributed by atoms with Crippen molar-refractivity contribution in [1.82, 2.24) is 5.32 Å². The first-order valence-corrected chi connectivity index (χ1v) is 11.8. The van der Waals surface area contributed by atoms with Crippen molar-refractivity contribution in [2.75, 3.05) is 36.5 Å². The molecule has 2 amide bonds. The van der Waals surface area contributed by atoms with Gasteiger partial charge in [0, 0.05) is 44.0 Å². The number of amides is 2. The molecule has 6 heteroatoms. The van der Waals surface area contributed by atoms with Gasteiger partial charge in [-0.05, 0) is 56.7 Å². The molecule has 3 rings (SSSR count). The molecule has 2 N–H and O–H groups in total. The molecule has 1 aromatic carbocycles. The minimum atomic E-state index is -0.0925. The summed E-state index contributed by atoms with van der Waals surface area (Å²) in [6.07, 6.45) is 10.5. The number of nitrogens with one attached hydrogen (secondary N) is 2. The van der Waals surface area contributed by atoms with Gasteiger partial charge in [0.25, 0.3) is 5.91 Å². The molecule has 2 saturated heterocycles. The van der Waals surface area contributed by atoms with Crippen LogP contribution in [0, 0.1) is 0 Å². The van der Waals surface area contributed by atoms with Gasteiger partial charge in [-0.25, -0.2) is 0 Å². The van der Waals surface area contributed by atoms with Gasteiger partial charge in [0.2, 0.25) is 5.91 Å². The van der Waals surface area contributed by atoms with Crippen molar-refractivity contribution in [3.63, 3.8) is 0 Å². The molecular formula is C24H37N3O3. The highest BCUT2D eigenvalue weighted by Crippen LogP contribution is 2.27. The molecule has 2 aliphatic rings. The van der Waals surface area contributed by atoms with Gasteiger partial charge in [0.05, 0.1) is 11.7 Å². The summed E-state index contributed by atoms with van der Waals surface area (Å²) in [5, 5.41) is 6.03. The van der Waals surface area contributed by atoms with Crippen LogP contribution in [0.1, 0.15) is 81.5 Å². The average molecular weight is 416 g/mol. The fourth-order valence-electron chi connectivity index (χ4n) is 4.25. The predicted octanol–water partition coefficient (Wildman–Crippen LogP) is 4.49. The van der Waals surface area contributed by atoms with Gasteiger partial charge in [-0.3, -0.25) is 9.59 Å². The maximum absolute atomic E-state index is 13.0. The van der Waals surface area contributed by atoms with Gasteiger partial charge < -0.3 is 20.3 Å². The summed E-state index contributed by atoms with van der Waals surface area (Å²) in [6.45, 7) is 5.41. The average Bonchev–Trinajstić information content (AvgIpc) is 3.29. The Morgan fingerprint density at radius 1 is 1.10 bits per heavy atom. The number of rotatable bonds is 10. The van der Waals surface area contributed by atoms with Crippen molar-refractivity contribution in [3.8, 4) is 0 Å². The van der Waals surface area contributed by atoms with Crippen LogP contribution in [0.4, 0.5) is 11.4 Å². The normalized spacial score (nSPS) is 19.0. The van der Waals surface area contributed by atoms with E-state index in [4.69, 9.17) is 4.74 Å². The Labute approximate surface area is 180 Å². The van der Waals surface area contributed by atoms with Crippen LogP contribution in [0.25, 0.3) is 0 Å². The Morgan fingerprint density at radius 3 is 2.67 bits per heavy atom. The number of hydrogen-bond acceptors (Lipinski definition) is 4. The van der Waals surface area contributed by atoms with Gasteiger partial charge in [-0.1, -0.05) is 26.2 Å². The molecule has 2 heterocycles. The molecule has 1 atom stereocenters. The van der Waals surface area contributed by atoms with Crippen LogP contribution in [0.3, 0.4) is 0 Å². The van der Waals surface area contributed by atoms with Gasteiger partial charge in [-0.2, -0.15) is 0 Å². The fraction of sp³-hybridized carbons (Fsp3) is 0.667. The van der Waals surface area contributed by atoms with Crippen molar-refractivity contribution in [2.45, 2.75) is 77.2 Å². The van der Waals surface area contributed by atoms with E-state index in [0.29, 0.717) is 24.2 Å². The molecule has 0 bridgehead atoms. The van der Waals surface area contributed by atoms with Crippen molar-refractivity contribution < 1.29 is 14.3 Å². The summed E-state index contributed by atoms with van der Waals surface area (Å²) in [5.74, 6) is -0.0762. The second-order valence-corrected chi connectivity index (χ2v) is 8.48. The molecule has 2 fully saturated rings. The number of anilines is 2. The summed E-state index contributed by atoms with van der Waals surface area (Å²) in [7, 11) is 0. The van der Waals surface area contributed by atoms with E-state index in [2.05, 4.69) is 22.5 Å². The number of ether oxygens (including phenoxy) is 1. The summed E-state index contributed by atoms with van der Waals surface area (Å²) in [5.41, 5.74) is 2.29. The summed E-state index contributed by atoms with van der Waals surface area (Å²) in [4.78, 5) is 27.6. The van der Waals surface area contributed by atoms with E-state index in [0.717, 1.165) is 76.8 Å². The molecular weight excluding hydrogens is 378 g/mol. The second-order valence-electron chi connectivity index (χ2n) is 8.48. The standard InChI is InChI=1S/C24H37N3O3/c1-2-3-4-6-11-23(28)26-19-12-13-22(27-14-7-5-8-15-27)21(17-19)24(29)25-18-20-10-9-16-30-20/h12-13,17,20H,2-11,14-16,18H2,1H3,(H,25,29)(H,26,28). The Bertz CT molecular complexity index is 695. The molecule has 166 valence electrons. The zero-order chi connectivity index (χ0) is 21.2. The number of carbonyl (C=O) groups excluding carboxylic acids is 2. The number of piperidine rings is 1. The third-order valence-electron chi connectivity index (χ3n) is 5.99. The van der Waals surface area contributed by atoms with Crippen LogP contribution in [-0.4, -0.2) is 44.2 Å². The van der Waals surface area contributed by atoms with Crippen molar-refractivity contribution >= 4 is 23.2 Å². The van der Waals surface area contributed by atoms with E-state index in [1.807, 2.05) is 18.2 Å². The topological polar surface area (TPSA) is 70.7 Å². The van der Waals surface area contributed by atoms with Crippen molar-refractivity contribution in [2.24, 2.45) is 0 Å². The molecule has 1 aromatic rings. The lowest BCUT2D eigenvalue weighted by molar-refractivity contribution is -0.116. The second kappa shape index (κ2) is 11.9. The molecule has 0 radical (unpaired) electrons. The van der Waals surface area contributed by atoms with E-state index in [-0.39, 0.29) is 17.9 Å². The van der Waals surface area contributed by atoms with Crippen LogP contribution in [-0.2, 0) is 9.53 Å². The third-order valence-corrected chi connectivity index (χ3v) is 5.99. The Kier molecular flexibility index (Phi) is 9.00. The maximum atomic E-state index is 13.0. The first-order valence-electron chi connectivity index (χ1n) is 11.8. The lowest BCUT2D eigenvalue weighted by Gasteiger charge is -2.30. The quantitative estimate of drug-likeness (QED) is 0.552. The molecule has 2 aliphatic heterocycles. The minimum Gasteiger partial charge on any atom is -0.376 e. The van der Waals surface area contributed by atoms with E-state index in [9.17, 15) is 9.59 Å². The van der Waals surface area contributed by atoms with Gasteiger partial charge in [0.15, 0.2) is 0 Å². The Morgan fingerprint density at radius 2 is 1.93 bits per heavy atom. The molecule has 0 spiro atoms. The van der Waals surface area contributed by atoms with Crippen LogP contribution < -0.4 is 15.5 Å². The number of benzene rings is 1. The fourth-order valence-corrected chi connectivity index (χ4v) is 4.25. The van der Waals surface area contributed by atoms with Gasteiger partial charge in [-0.15, -0.1) is 0 Å². The van der Waals surface area contributed by atoms with Crippen molar-refractivity contribution in [1.29, 1.82) is 0 Å². The molecule has 0 aromatic heterocycles. The number of unbranched alkanes of at least 4 members (excludes halogenated alkanes) is 3. The van der Waals surface area contributed by atoms with Crippen molar-refractivity contribution in [3.05, 3.63) is 23.8 Å². The number of hydrogen-bond donors (Lipinski definition) is 2. The Balaban J connectivity index is 1.67. The zero-order valence-corrected chi connectivity index (χ0v) is 18.4. The summed E-state index contributed by atoms with van der Waals surface area (Å²) >= 11 is 0. The molecule has 30 heavy (non-hydrogen) atoms. The highest BCUT2D eigenvalue weighted by molar-refractivity contribution is 6.02. The highest BCUT2D eigenvalue weighted by atomic mass is 16.5. The number of nitrogens with zero attached hydrogens (tertiary/aromatic N) is 1. The molecule has 1 unspecified atom stereocenters.